The SMILES string of the molecule is COc1ccc(C([C@@H](C)N)N2C(=O)c3ccccc3C2=O)cc1. The van der Waals surface area contributed by atoms with Crippen molar-refractivity contribution in [3.8, 4) is 5.75 Å². The van der Waals surface area contributed by atoms with Gasteiger partial charge in [-0.3, -0.25) is 14.5 Å². The van der Waals surface area contributed by atoms with Gasteiger partial charge < -0.3 is 10.5 Å². The highest BCUT2D eigenvalue weighted by atomic mass is 16.5. The molecule has 1 aliphatic rings. The third kappa shape index (κ3) is 2.49. The lowest BCUT2D eigenvalue weighted by atomic mass is 9.99. The fourth-order valence-corrected chi connectivity index (χ4v) is 2.95. The number of carbonyl (C=O) groups is 2. The highest BCUT2D eigenvalue weighted by Gasteiger charge is 2.41. The quantitative estimate of drug-likeness (QED) is 0.880. The molecule has 1 heterocycles. The van der Waals surface area contributed by atoms with Crippen molar-refractivity contribution >= 4 is 11.8 Å². The number of hydrogen-bond acceptors (Lipinski definition) is 4. The third-order valence-corrected chi connectivity index (χ3v) is 4.06. The first kappa shape index (κ1) is 15.2. The number of imide groups is 1. The molecule has 1 aliphatic heterocycles. The van der Waals surface area contributed by atoms with E-state index in [1.165, 1.54) is 4.90 Å². The van der Waals surface area contributed by atoms with Crippen LogP contribution in [0.15, 0.2) is 48.5 Å². The summed E-state index contributed by atoms with van der Waals surface area (Å²) in [5, 5.41) is 0. The van der Waals surface area contributed by atoms with Gasteiger partial charge in [0.1, 0.15) is 5.75 Å². The summed E-state index contributed by atoms with van der Waals surface area (Å²) >= 11 is 0. The Morgan fingerprint density at radius 3 is 1.91 bits per heavy atom. The number of nitrogens with two attached hydrogens (primary N) is 1. The van der Waals surface area contributed by atoms with Gasteiger partial charge in [0.15, 0.2) is 0 Å². The smallest absolute Gasteiger partial charge is 0.262 e. The number of ether oxygens (including phenoxy) is 1. The summed E-state index contributed by atoms with van der Waals surface area (Å²) in [6.45, 7) is 1.79. The van der Waals surface area contributed by atoms with Crippen molar-refractivity contribution in [1.29, 1.82) is 0 Å². The molecule has 5 heteroatoms. The summed E-state index contributed by atoms with van der Waals surface area (Å²) in [6.07, 6.45) is 0. The second-order valence-corrected chi connectivity index (χ2v) is 5.60. The molecule has 0 radical (unpaired) electrons. The first-order valence-electron chi connectivity index (χ1n) is 7.41. The molecule has 0 saturated carbocycles. The van der Waals surface area contributed by atoms with Gasteiger partial charge in [0, 0.05) is 6.04 Å². The van der Waals surface area contributed by atoms with Crippen LogP contribution in [0.3, 0.4) is 0 Å². The van der Waals surface area contributed by atoms with Crippen LogP contribution in [-0.4, -0.2) is 29.9 Å². The van der Waals surface area contributed by atoms with Crippen molar-refractivity contribution in [3.63, 3.8) is 0 Å². The van der Waals surface area contributed by atoms with Crippen LogP contribution in [0.5, 0.6) is 5.75 Å². The molecule has 2 amide bonds. The average molecular weight is 310 g/mol. The van der Waals surface area contributed by atoms with Gasteiger partial charge in [-0.2, -0.15) is 0 Å². The molecular formula is C18H18N2O3. The molecule has 2 aromatic carbocycles. The second-order valence-electron chi connectivity index (χ2n) is 5.60. The van der Waals surface area contributed by atoms with Crippen molar-refractivity contribution in [1.82, 2.24) is 4.90 Å². The van der Waals surface area contributed by atoms with Gasteiger partial charge in [0.25, 0.3) is 11.8 Å². The zero-order chi connectivity index (χ0) is 16.6. The first-order chi connectivity index (χ1) is 11.0. The molecule has 2 aromatic rings. The van der Waals surface area contributed by atoms with Crippen molar-refractivity contribution in [3.05, 3.63) is 65.2 Å². The second kappa shape index (κ2) is 5.85. The van der Waals surface area contributed by atoms with E-state index in [1.807, 2.05) is 12.1 Å². The standard InChI is InChI=1S/C18H18N2O3/c1-11(19)16(12-7-9-13(23-2)10-8-12)20-17(21)14-5-3-4-6-15(14)18(20)22/h3-11,16H,19H2,1-2H3/t11-,16?/m1/s1. The van der Waals surface area contributed by atoms with Crippen molar-refractivity contribution in [2.45, 2.75) is 19.0 Å². The molecule has 1 unspecified atom stereocenters. The molecule has 0 bridgehead atoms. The number of nitrogens with zero attached hydrogens (tertiary/aromatic N) is 1. The molecule has 0 fully saturated rings. The number of methoxy groups -OCH3 is 1. The monoisotopic (exact) mass is 310 g/mol. The highest BCUT2D eigenvalue weighted by Crippen LogP contribution is 2.33. The normalized spacial score (nSPS) is 16.2. The molecule has 2 atom stereocenters. The van der Waals surface area contributed by atoms with E-state index in [1.54, 1.807) is 50.4 Å². The van der Waals surface area contributed by atoms with Gasteiger partial charge in [0.2, 0.25) is 0 Å². The third-order valence-electron chi connectivity index (χ3n) is 4.06. The Kier molecular flexibility index (Phi) is 3.88. The summed E-state index contributed by atoms with van der Waals surface area (Å²) in [4.78, 5) is 26.6. The van der Waals surface area contributed by atoms with Crippen molar-refractivity contribution in [2.75, 3.05) is 7.11 Å². The number of benzene rings is 2. The molecule has 0 spiro atoms. The van der Waals surface area contributed by atoms with E-state index in [2.05, 4.69) is 0 Å². The van der Waals surface area contributed by atoms with Gasteiger partial charge in [-0.05, 0) is 36.8 Å². The number of fused-ring (bicyclic) bond motifs is 1. The minimum Gasteiger partial charge on any atom is -0.497 e. The lowest BCUT2D eigenvalue weighted by Gasteiger charge is -2.29. The molecule has 118 valence electrons. The Labute approximate surface area is 134 Å². The molecule has 0 aromatic heterocycles. The van der Waals surface area contributed by atoms with Crippen LogP contribution in [0.2, 0.25) is 0 Å². The summed E-state index contributed by atoms with van der Waals surface area (Å²) < 4.78 is 5.15. The number of carbonyl (C=O) groups excluding carboxylic acids is 2. The zero-order valence-corrected chi connectivity index (χ0v) is 13.0. The predicted molar refractivity (Wildman–Crippen MR) is 86.3 cm³/mol. The van der Waals surface area contributed by atoms with Crippen molar-refractivity contribution < 1.29 is 14.3 Å². The maximum atomic E-state index is 12.7. The Morgan fingerprint density at radius 2 is 1.48 bits per heavy atom. The number of rotatable bonds is 4. The summed E-state index contributed by atoms with van der Waals surface area (Å²) in [5.74, 6) is 0.104. The van der Waals surface area contributed by atoms with Gasteiger partial charge in [-0.15, -0.1) is 0 Å². The fourth-order valence-electron chi connectivity index (χ4n) is 2.95. The predicted octanol–water partition coefficient (Wildman–Crippen LogP) is 2.38. The maximum Gasteiger partial charge on any atom is 0.262 e. The van der Waals surface area contributed by atoms with Crippen LogP contribution in [-0.2, 0) is 0 Å². The minimum absolute atomic E-state index is 0.302. The molecular weight excluding hydrogens is 292 g/mol. The van der Waals surface area contributed by atoms with Crippen LogP contribution in [0.25, 0.3) is 0 Å². The Balaban J connectivity index is 2.02. The molecule has 3 rings (SSSR count). The number of amides is 2. The Morgan fingerprint density at radius 1 is 0.957 bits per heavy atom. The van der Waals surface area contributed by atoms with E-state index in [-0.39, 0.29) is 11.8 Å². The number of hydrogen-bond donors (Lipinski definition) is 1. The van der Waals surface area contributed by atoms with E-state index in [0.717, 1.165) is 5.56 Å². The Hall–Kier alpha value is -2.66. The summed E-state index contributed by atoms with van der Waals surface area (Å²) in [6, 6.07) is 13.2. The fraction of sp³-hybridized carbons (Fsp3) is 0.222. The van der Waals surface area contributed by atoms with Crippen LogP contribution in [0.1, 0.15) is 39.2 Å². The first-order valence-corrected chi connectivity index (χ1v) is 7.41. The molecule has 2 N–H and O–H groups in total. The van der Waals surface area contributed by atoms with Crippen LogP contribution in [0, 0.1) is 0 Å². The molecule has 0 saturated heterocycles. The van der Waals surface area contributed by atoms with Crippen LogP contribution < -0.4 is 10.5 Å². The van der Waals surface area contributed by atoms with Gasteiger partial charge in [-0.25, -0.2) is 0 Å². The highest BCUT2D eigenvalue weighted by molar-refractivity contribution is 6.21. The molecule has 0 aliphatic carbocycles. The van der Waals surface area contributed by atoms with E-state index in [4.69, 9.17) is 10.5 Å². The van der Waals surface area contributed by atoms with E-state index < -0.39 is 12.1 Å². The zero-order valence-electron chi connectivity index (χ0n) is 13.0. The largest absolute Gasteiger partial charge is 0.497 e. The minimum atomic E-state index is -0.520. The van der Waals surface area contributed by atoms with Crippen LogP contribution >= 0.6 is 0 Å². The van der Waals surface area contributed by atoms with Gasteiger partial charge in [-0.1, -0.05) is 24.3 Å². The van der Waals surface area contributed by atoms with E-state index in [9.17, 15) is 9.59 Å². The summed E-state index contributed by atoms with van der Waals surface area (Å²) in [7, 11) is 1.59. The lowest BCUT2D eigenvalue weighted by molar-refractivity contribution is 0.0562. The lowest BCUT2D eigenvalue weighted by Crippen LogP contribution is -2.42. The van der Waals surface area contributed by atoms with Gasteiger partial charge in [0.05, 0.1) is 24.3 Å². The Bertz CT molecular complexity index is 718. The van der Waals surface area contributed by atoms with Crippen molar-refractivity contribution in [2.24, 2.45) is 5.73 Å². The maximum absolute atomic E-state index is 12.7. The van der Waals surface area contributed by atoms with E-state index >= 15 is 0 Å². The molecule has 23 heavy (non-hydrogen) atoms. The molecule has 5 nitrogen and oxygen atoms in total. The van der Waals surface area contributed by atoms with Crippen LogP contribution in [0.4, 0.5) is 0 Å². The topological polar surface area (TPSA) is 72.6 Å². The van der Waals surface area contributed by atoms with Gasteiger partial charge >= 0.3 is 0 Å². The average Bonchev–Trinajstić information content (AvgIpc) is 2.81. The van der Waals surface area contributed by atoms with E-state index in [0.29, 0.717) is 16.9 Å². The summed E-state index contributed by atoms with van der Waals surface area (Å²) in [5.41, 5.74) is 7.76.